The molecule has 0 bridgehead atoms. The Balaban J connectivity index is 1.73. The van der Waals surface area contributed by atoms with Gasteiger partial charge in [0.2, 0.25) is 0 Å². The van der Waals surface area contributed by atoms with Crippen molar-refractivity contribution in [1.29, 1.82) is 0 Å². The predicted octanol–water partition coefficient (Wildman–Crippen LogP) is 4.93. The fraction of sp³-hybridized carbons (Fsp3) is 0.400. The number of benzene rings is 2. The van der Waals surface area contributed by atoms with E-state index in [9.17, 15) is 9.90 Å². The van der Waals surface area contributed by atoms with Crippen molar-refractivity contribution in [1.82, 2.24) is 4.90 Å². The number of morpholine rings is 1. The molecule has 1 aliphatic heterocycles. The van der Waals surface area contributed by atoms with Crippen molar-refractivity contribution in [2.45, 2.75) is 53.4 Å². The number of carbonyl (C=O) groups excluding carboxylic acids is 1. The second-order valence-electron chi connectivity index (χ2n) is 8.69. The number of furan rings is 1. The van der Waals surface area contributed by atoms with Gasteiger partial charge in [-0.3, -0.25) is 9.69 Å². The Hall–Kier alpha value is -2.83. The van der Waals surface area contributed by atoms with Gasteiger partial charge in [0.1, 0.15) is 17.1 Å². The molecule has 6 nitrogen and oxygen atoms in total. The van der Waals surface area contributed by atoms with Crippen LogP contribution in [0, 0.1) is 20.8 Å². The van der Waals surface area contributed by atoms with E-state index in [0.717, 1.165) is 29.9 Å². The van der Waals surface area contributed by atoms with Gasteiger partial charge in [0, 0.05) is 36.3 Å². The number of carbonyl (C=O) groups is 1. The maximum absolute atomic E-state index is 13.3. The van der Waals surface area contributed by atoms with Crippen molar-refractivity contribution in [3.63, 3.8) is 0 Å². The molecule has 31 heavy (non-hydrogen) atoms. The molecule has 2 aromatic carbocycles. The molecule has 1 saturated heterocycles. The number of aromatic hydroxyl groups is 1. The Kier molecular flexibility index (Phi) is 5.77. The van der Waals surface area contributed by atoms with Crippen molar-refractivity contribution < 1.29 is 19.1 Å². The van der Waals surface area contributed by atoms with Crippen molar-refractivity contribution in [3.05, 3.63) is 58.3 Å². The number of nitrogens with zero attached hydrogens (tertiary/aromatic N) is 1. The van der Waals surface area contributed by atoms with E-state index in [1.807, 2.05) is 45.9 Å². The van der Waals surface area contributed by atoms with Crippen molar-refractivity contribution in [2.75, 3.05) is 18.4 Å². The number of phenols is 1. The highest BCUT2D eigenvalue weighted by molar-refractivity contribution is 6.14. The first-order valence-electron chi connectivity index (χ1n) is 10.7. The van der Waals surface area contributed by atoms with Crippen LogP contribution >= 0.6 is 0 Å². The molecule has 0 aliphatic carbocycles. The SMILES string of the molecule is Cc1ccc(NC(=O)c2c(C)oc3ccc(O)c(CN4C[C@@H](C)O[C@@H](C)C4)c23)c(C)c1. The van der Waals surface area contributed by atoms with Crippen LogP contribution < -0.4 is 5.32 Å². The van der Waals surface area contributed by atoms with Crippen LogP contribution in [0.4, 0.5) is 5.69 Å². The number of hydrogen-bond acceptors (Lipinski definition) is 5. The van der Waals surface area contributed by atoms with Gasteiger partial charge >= 0.3 is 0 Å². The van der Waals surface area contributed by atoms with E-state index in [-0.39, 0.29) is 23.9 Å². The molecule has 1 fully saturated rings. The number of ether oxygens (including phenoxy) is 1. The first kappa shape index (κ1) is 21.4. The molecule has 0 spiro atoms. The molecule has 0 unspecified atom stereocenters. The van der Waals surface area contributed by atoms with Crippen LogP contribution in [-0.4, -0.2) is 41.2 Å². The van der Waals surface area contributed by atoms with Gasteiger partial charge in [0.25, 0.3) is 5.91 Å². The molecule has 1 amide bonds. The molecule has 0 radical (unpaired) electrons. The summed E-state index contributed by atoms with van der Waals surface area (Å²) >= 11 is 0. The van der Waals surface area contributed by atoms with Crippen LogP contribution in [-0.2, 0) is 11.3 Å². The number of rotatable bonds is 4. The van der Waals surface area contributed by atoms with Gasteiger partial charge in [-0.05, 0) is 58.4 Å². The lowest BCUT2D eigenvalue weighted by Gasteiger charge is -2.35. The van der Waals surface area contributed by atoms with Crippen LogP contribution in [0.1, 0.15) is 46.7 Å². The summed E-state index contributed by atoms with van der Waals surface area (Å²) in [5, 5.41) is 14.4. The molecular formula is C25H30N2O4. The van der Waals surface area contributed by atoms with E-state index < -0.39 is 0 Å². The summed E-state index contributed by atoms with van der Waals surface area (Å²) in [4.78, 5) is 15.6. The van der Waals surface area contributed by atoms with Crippen molar-refractivity contribution in [3.8, 4) is 5.75 Å². The average molecular weight is 423 g/mol. The number of anilines is 1. The van der Waals surface area contributed by atoms with E-state index in [2.05, 4.69) is 10.2 Å². The lowest BCUT2D eigenvalue weighted by Crippen LogP contribution is -2.44. The van der Waals surface area contributed by atoms with E-state index in [1.54, 1.807) is 19.1 Å². The monoisotopic (exact) mass is 422 g/mol. The van der Waals surface area contributed by atoms with Gasteiger partial charge in [0.15, 0.2) is 0 Å². The molecule has 2 N–H and O–H groups in total. The number of aryl methyl sites for hydroxylation is 3. The van der Waals surface area contributed by atoms with Crippen molar-refractivity contribution >= 4 is 22.6 Å². The second kappa shape index (κ2) is 8.36. The Bertz CT molecular complexity index is 1120. The summed E-state index contributed by atoms with van der Waals surface area (Å²) < 4.78 is 11.8. The number of phenolic OH excluding ortho intramolecular Hbond substituents is 1. The minimum Gasteiger partial charge on any atom is -0.508 e. The van der Waals surface area contributed by atoms with Gasteiger partial charge in [0.05, 0.1) is 17.8 Å². The highest BCUT2D eigenvalue weighted by atomic mass is 16.5. The van der Waals surface area contributed by atoms with Crippen LogP contribution in [0.25, 0.3) is 11.0 Å². The highest BCUT2D eigenvalue weighted by Crippen LogP contribution is 2.35. The van der Waals surface area contributed by atoms with Gasteiger partial charge in [-0.15, -0.1) is 0 Å². The highest BCUT2D eigenvalue weighted by Gasteiger charge is 2.27. The Morgan fingerprint density at radius 3 is 2.52 bits per heavy atom. The van der Waals surface area contributed by atoms with Crippen molar-refractivity contribution in [2.24, 2.45) is 0 Å². The normalized spacial score (nSPS) is 19.6. The van der Waals surface area contributed by atoms with Gasteiger partial charge in [-0.2, -0.15) is 0 Å². The molecule has 1 aliphatic rings. The fourth-order valence-electron chi connectivity index (χ4n) is 4.58. The quantitative estimate of drug-likeness (QED) is 0.624. The molecule has 4 rings (SSSR count). The first-order valence-corrected chi connectivity index (χ1v) is 10.7. The van der Waals surface area contributed by atoms with E-state index in [4.69, 9.17) is 9.15 Å². The standard InChI is InChI=1S/C25H30N2O4/c1-14-6-7-20(15(2)10-14)26-25(29)23-18(5)31-22-9-8-21(28)19(24(22)23)13-27-11-16(3)30-17(4)12-27/h6-10,16-17,28H,11-13H2,1-5H3,(H,26,29)/t16-,17+. The average Bonchev–Trinajstić information content (AvgIpc) is 3.02. The minimum absolute atomic E-state index is 0.114. The smallest absolute Gasteiger partial charge is 0.259 e. The maximum Gasteiger partial charge on any atom is 0.259 e. The van der Waals surface area contributed by atoms with E-state index in [1.165, 1.54) is 0 Å². The molecule has 1 aromatic heterocycles. The third-order valence-corrected chi connectivity index (χ3v) is 5.85. The molecule has 3 aromatic rings. The summed E-state index contributed by atoms with van der Waals surface area (Å²) in [5.74, 6) is 0.465. The zero-order valence-electron chi connectivity index (χ0n) is 18.8. The van der Waals surface area contributed by atoms with E-state index in [0.29, 0.717) is 34.4 Å². The zero-order chi connectivity index (χ0) is 22.3. The first-order chi connectivity index (χ1) is 14.7. The summed E-state index contributed by atoms with van der Waals surface area (Å²) in [6, 6.07) is 9.28. The van der Waals surface area contributed by atoms with Gasteiger partial charge < -0.3 is 19.6 Å². The Morgan fingerprint density at radius 2 is 1.84 bits per heavy atom. The summed E-state index contributed by atoms with van der Waals surface area (Å²) in [6.45, 7) is 11.9. The predicted molar refractivity (Wildman–Crippen MR) is 122 cm³/mol. The van der Waals surface area contributed by atoms with Crippen LogP contribution in [0.5, 0.6) is 5.75 Å². The number of nitrogens with one attached hydrogen (secondary N) is 1. The summed E-state index contributed by atoms with van der Waals surface area (Å²) in [6.07, 6.45) is 0.229. The molecule has 6 heteroatoms. The van der Waals surface area contributed by atoms with Crippen LogP contribution in [0.3, 0.4) is 0 Å². The summed E-state index contributed by atoms with van der Waals surface area (Å²) in [7, 11) is 0. The number of hydrogen-bond donors (Lipinski definition) is 2. The molecule has 0 saturated carbocycles. The topological polar surface area (TPSA) is 74.9 Å². The molecule has 164 valence electrons. The maximum atomic E-state index is 13.3. The third kappa shape index (κ3) is 4.31. The largest absolute Gasteiger partial charge is 0.508 e. The second-order valence-corrected chi connectivity index (χ2v) is 8.69. The van der Waals surface area contributed by atoms with Crippen LogP contribution in [0.15, 0.2) is 34.7 Å². The zero-order valence-corrected chi connectivity index (χ0v) is 18.8. The van der Waals surface area contributed by atoms with E-state index >= 15 is 0 Å². The van der Waals surface area contributed by atoms with Crippen LogP contribution in [0.2, 0.25) is 0 Å². The lowest BCUT2D eigenvalue weighted by molar-refractivity contribution is -0.0705. The van der Waals surface area contributed by atoms with Gasteiger partial charge in [-0.1, -0.05) is 17.7 Å². The number of amides is 1. The molecule has 2 atom stereocenters. The third-order valence-electron chi connectivity index (χ3n) is 5.85. The Morgan fingerprint density at radius 1 is 1.13 bits per heavy atom. The summed E-state index contributed by atoms with van der Waals surface area (Å²) in [5.41, 5.74) is 4.68. The minimum atomic E-state index is -0.237. The number of fused-ring (bicyclic) bond motifs is 1. The molecule has 2 heterocycles. The lowest BCUT2D eigenvalue weighted by atomic mass is 10.0. The van der Waals surface area contributed by atoms with Gasteiger partial charge in [-0.25, -0.2) is 0 Å². The molecular weight excluding hydrogens is 392 g/mol. The fourth-order valence-corrected chi connectivity index (χ4v) is 4.58. The Labute approximate surface area is 182 Å².